The van der Waals surface area contributed by atoms with Crippen molar-refractivity contribution in [1.82, 2.24) is 0 Å². The van der Waals surface area contributed by atoms with Gasteiger partial charge in [0.25, 0.3) is 0 Å². The van der Waals surface area contributed by atoms with E-state index in [4.69, 9.17) is 5.11 Å². The Kier molecular flexibility index (Phi) is 20.9. The Morgan fingerprint density at radius 3 is 2.38 bits per heavy atom. The Bertz CT molecular complexity index is 431. The van der Waals surface area contributed by atoms with Crippen LogP contribution in [0.25, 0.3) is 0 Å². The molecule has 0 aliphatic carbocycles. The fourth-order valence-corrected chi connectivity index (χ4v) is 3.27. The SMILES string of the molecule is CCCCCCCC/C=C\C/C=C\CC=C=CCCCSCCC(=O)O. The molecule has 0 heterocycles. The lowest BCUT2D eigenvalue weighted by atomic mass is 10.1. The lowest BCUT2D eigenvalue weighted by Crippen LogP contribution is -1.96. The second-order valence-electron chi connectivity index (χ2n) is 6.44. The van der Waals surface area contributed by atoms with Crippen LogP contribution >= 0.6 is 11.8 Å². The molecule has 0 rings (SSSR count). The zero-order valence-electron chi connectivity index (χ0n) is 16.6. The van der Waals surface area contributed by atoms with Crippen LogP contribution in [0, 0.1) is 0 Å². The molecule has 148 valence electrons. The van der Waals surface area contributed by atoms with Crippen molar-refractivity contribution >= 4 is 17.7 Å². The summed E-state index contributed by atoms with van der Waals surface area (Å²) in [7, 11) is 0. The van der Waals surface area contributed by atoms with E-state index in [0.29, 0.717) is 5.75 Å². The molecule has 0 saturated carbocycles. The summed E-state index contributed by atoms with van der Waals surface area (Å²) in [5.74, 6) is 1.03. The second-order valence-corrected chi connectivity index (χ2v) is 7.67. The Labute approximate surface area is 165 Å². The molecule has 3 heteroatoms. The molecule has 0 saturated heterocycles. The fourth-order valence-electron chi connectivity index (χ4n) is 2.38. The van der Waals surface area contributed by atoms with E-state index in [1.807, 2.05) is 0 Å². The van der Waals surface area contributed by atoms with Gasteiger partial charge >= 0.3 is 5.97 Å². The smallest absolute Gasteiger partial charge is 0.304 e. The number of aliphatic carboxylic acids is 1. The predicted octanol–water partition coefficient (Wildman–Crippen LogP) is 7.33. The van der Waals surface area contributed by atoms with Crippen LogP contribution in [0.15, 0.2) is 42.2 Å². The lowest BCUT2D eigenvalue weighted by molar-refractivity contribution is -0.136. The molecule has 26 heavy (non-hydrogen) atoms. The number of rotatable bonds is 18. The third kappa shape index (κ3) is 22.8. The highest BCUT2D eigenvalue weighted by molar-refractivity contribution is 7.99. The summed E-state index contributed by atoms with van der Waals surface area (Å²) in [4.78, 5) is 10.4. The van der Waals surface area contributed by atoms with E-state index in [-0.39, 0.29) is 6.42 Å². The number of allylic oxidation sites excluding steroid dienone is 5. The number of carbonyl (C=O) groups is 1. The van der Waals surface area contributed by atoms with Crippen molar-refractivity contribution in [3.8, 4) is 0 Å². The Morgan fingerprint density at radius 1 is 0.846 bits per heavy atom. The number of unbranched alkanes of at least 4 members (excludes halogenated alkanes) is 7. The quantitative estimate of drug-likeness (QED) is 0.154. The first-order valence-electron chi connectivity index (χ1n) is 10.3. The molecule has 2 nitrogen and oxygen atoms in total. The van der Waals surface area contributed by atoms with Crippen molar-refractivity contribution in [3.05, 3.63) is 42.2 Å². The average molecular weight is 379 g/mol. The normalized spacial score (nSPS) is 11.1. The highest BCUT2D eigenvalue weighted by Crippen LogP contribution is 2.08. The van der Waals surface area contributed by atoms with E-state index in [1.54, 1.807) is 11.8 Å². The summed E-state index contributed by atoms with van der Waals surface area (Å²) in [6.07, 6.45) is 26.9. The second kappa shape index (κ2) is 21.9. The maximum Gasteiger partial charge on any atom is 0.304 e. The average Bonchev–Trinajstić information content (AvgIpc) is 2.62. The van der Waals surface area contributed by atoms with Crippen LogP contribution in [0.3, 0.4) is 0 Å². The molecule has 0 aromatic rings. The molecule has 0 bridgehead atoms. The van der Waals surface area contributed by atoms with Gasteiger partial charge in [0, 0.05) is 5.75 Å². The standard InChI is InChI=1S/C23H38O2S/c1-2-3-4-5-6-7-8-9-10-11-12-13-14-15-16-17-18-19-21-26-22-20-23(24)25/h9-10,12-13,15,17H,2-8,11,14,18-22H2,1H3,(H,24,25)/b10-9-,13-12-. The highest BCUT2D eigenvalue weighted by atomic mass is 32.2. The number of carboxylic acid groups (broad SMARTS) is 1. The molecule has 0 fully saturated rings. The third-order valence-corrected chi connectivity index (χ3v) is 4.99. The van der Waals surface area contributed by atoms with Gasteiger partial charge in [0.15, 0.2) is 0 Å². The van der Waals surface area contributed by atoms with Crippen LogP contribution in [0.2, 0.25) is 0 Å². The van der Waals surface area contributed by atoms with Gasteiger partial charge in [-0.3, -0.25) is 4.79 Å². The molecule has 0 aromatic heterocycles. The van der Waals surface area contributed by atoms with E-state index >= 15 is 0 Å². The summed E-state index contributed by atoms with van der Waals surface area (Å²) in [6, 6.07) is 0. The predicted molar refractivity (Wildman–Crippen MR) is 117 cm³/mol. The molecule has 0 atom stereocenters. The van der Waals surface area contributed by atoms with Gasteiger partial charge in [-0.05, 0) is 56.4 Å². The van der Waals surface area contributed by atoms with E-state index in [1.165, 1.54) is 44.9 Å². The molecule has 0 aliphatic rings. The van der Waals surface area contributed by atoms with Gasteiger partial charge in [0.05, 0.1) is 6.42 Å². The summed E-state index contributed by atoms with van der Waals surface area (Å²) >= 11 is 1.71. The van der Waals surface area contributed by atoms with Gasteiger partial charge in [-0.2, -0.15) is 11.8 Å². The summed E-state index contributed by atoms with van der Waals surface area (Å²) in [6.45, 7) is 2.26. The Hall–Kier alpha value is -1.18. The topological polar surface area (TPSA) is 37.3 Å². The van der Waals surface area contributed by atoms with Gasteiger partial charge in [-0.25, -0.2) is 0 Å². The Balaban J connectivity index is 3.38. The molecular formula is C23H38O2S. The van der Waals surface area contributed by atoms with Crippen LogP contribution in [0.1, 0.15) is 84.0 Å². The number of thioether (sulfide) groups is 1. The first-order valence-corrected chi connectivity index (χ1v) is 11.4. The molecule has 0 radical (unpaired) electrons. The van der Waals surface area contributed by atoms with Crippen LogP contribution in [-0.2, 0) is 4.79 Å². The minimum Gasteiger partial charge on any atom is -0.481 e. The van der Waals surface area contributed by atoms with Gasteiger partial charge < -0.3 is 5.11 Å². The van der Waals surface area contributed by atoms with Crippen molar-refractivity contribution in [2.45, 2.75) is 84.0 Å². The van der Waals surface area contributed by atoms with Gasteiger partial charge in [0.2, 0.25) is 0 Å². The van der Waals surface area contributed by atoms with Gasteiger partial charge in [0.1, 0.15) is 0 Å². The summed E-state index contributed by atoms with van der Waals surface area (Å²) in [5, 5.41) is 8.53. The highest BCUT2D eigenvalue weighted by Gasteiger charge is 1.95. The summed E-state index contributed by atoms with van der Waals surface area (Å²) in [5.41, 5.74) is 3.21. The van der Waals surface area contributed by atoms with Gasteiger partial charge in [-0.1, -0.05) is 63.3 Å². The van der Waals surface area contributed by atoms with Crippen LogP contribution in [-0.4, -0.2) is 22.6 Å². The van der Waals surface area contributed by atoms with Crippen molar-refractivity contribution in [2.24, 2.45) is 0 Å². The molecule has 0 aliphatic heterocycles. The third-order valence-electron chi connectivity index (χ3n) is 3.92. The minimum absolute atomic E-state index is 0.265. The van der Waals surface area contributed by atoms with Crippen LogP contribution in [0.4, 0.5) is 0 Å². The molecule has 0 amide bonds. The minimum atomic E-state index is -0.707. The molecular weight excluding hydrogens is 340 g/mol. The fraction of sp³-hybridized carbons (Fsp3) is 0.652. The maximum absolute atomic E-state index is 10.4. The largest absolute Gasteiger partial charge is 0.481 e. The van der Waals surface area contributed by atoms with E-state index in [9.17, 15) is 4.79 Å². The van der Waals surface area contributed by atoms with Crippen molar-refractivity contribution in [3.63, 3.8) is 0 Å². The Morgan fingerprint density at radius 2 is 1.58 bits per heavy atom. The van der Waals surface area contributed by atoms with Crippen LogP contribution < -0.4 is 0 Å². The van der Waals surface area contributed by atoms with E-state index < -0.39 is 5.97 Å². The molecule has 0 unspecified atom stereocenters. The number of hydrogen-bond acceptors (Lipinski definition) is 2. The first kappa shape index (κ1) is 24.8. The molecule has 0 aromatic carbocycles. The van der Waals surface area contributed by atoms with Crippen LogP contribution in [0.5, 0.6) is 0 Å². The number of carboxylic acids is 1. The monoisotopic (exact) mass is 378 g/mol. The zero-order chi connectivity index (χ0) is 19.1. The lowest BCUT2D eigenvalue weighted by Gasteiger charge is -1.97. The van der Waals surface area contributed by atoms with E-state index in [2.05, 4.69) is 49.1 Å². The van der Waals surface area contributed by atoms with Gasteiger partial charge in [-0.15, -0.1) is 5.73 Å². The number of hydrogen-bond donors (Lipinski definition) is 1. The van der Waals surface area contributed by atoms with Crippen molar-refractivity contribution < 1.29 is 9.90 Å². The van der Waals surface area contributed by atoms with E-state index in [0.717, 1.165) is 31.4 Å². The zero-order valence-corrected chi connectivity index (χ0v) is 17.4. The first-order chi connectivity index (χ1) is 12.8. The van der Waals surface area contributed by atoms with Crippen molar-refractivity contribution in [1.29, 1.82) is 0 Å². The maximum atomic E-state index is 10.4. The van der Waals surface area contributed by atoms with Crippen molar-refractivity contribution in [2.75, 3.05) is 11.5 Å². The molecule has 1 N–H and O–H groups in total. The molecule has 0 spiro atoms. The summed E-state index contributed by atoms with van der Waals surface area (Å²) < 4.78 is 0.